The monoisotopic (exact) mass is 462 g/mol. The number of hydrogen-bond acceptors (Lipinski definition) is 7. The Kier molecular flexibility index (Phi) is 6.02. The zero-order chi connectivity index (χ0) is 21.4. The second-order valence-corrected chi connectivity index (χ2v) is 12.4. The highest BCUT2D eigenvalue weighted by molar-refractivity contribution is 7.91. The number of rotatable bonds is 4. The van der Waals surface area contributed by atoms with E-state index >= 15 is 0 Å². The second-order valence-electron chi connectivity index (χ2n) is 9.04. The summed E-state index contributed by atoms with van der Waals surface area (Å²) in [7, 11) is -2.85. The summed E-state index contributed by atoms with van der Waals surface area (Å²) in [6.45, 7) is 5.88. The van der Waals surface area contributed by atoms with Crippen molar-refractivity contribution in [2.75, 3.05) is 50.8 Å². The largest absolute Gasteiger partial charge is 0.340 e. The van der Waals surface area contributed by atoms with Gasteiger partial charge in [0.25, 0.3) is 0 Å². The van der Waals surface area contributed by atoms with Crippen molar-refractivity contribution in [2.45, 2.75) is 31.8 Å². The van der Waals surface area contributed by atoms with Gasteiger partial charge < -0.3 is 4.90 Å². The Hall–Kier alpha value is -1.55. The van der Waals surface area contributed by atoms with E-state index in [4.69, 9.17) is 4.98 Å². The lowest BCUT2D eigenvalue weighted by atomic mass is 9.94. The van der Waals surface area contributed by atoms with Crippen LogP contribution in [0.3, 0.4) is 0 Å². The van der Waals surface area contributed by atoms with Gasteiger partial charge in [0.1, 0.15) is 5.01 Å². The number of fused-ring (bicyclic) bond motifs is 1. The zero-order valence-electron chi connectivity index (χ0n) is 17.8. The number of likely N-dealkylation sites (tertiary alicyclic amines) is 1. The molecule has 3 aliphatic rings. The molecule has 0 saturated carbocycles. The number of amides is 1. The number of carbonyl (C=O) groups is 1. The van der Waals surface area contributed by atoms with Gasteiger partial charge in [-0.15, -0.1) is 11.3 Å². The SMILES string of the molecule is O=C(C1CCN(C2CCS(=O)(=O)C2)CC1)N1CCN(Cc2nc3ccccc3s2)CC1. The van der Waals surface area contributed by atoms with Gasteiger partial charge in [0, 0.05) is 38.1 Å². The maximum absolute atomic E-state index is 13.0. The summed E-state index contributed by atoms with van der Waals surface area (Å²) >= 11 is 1.76. The smallest absolute Gasteiger partial charge is 0.225 e. The second kappa shape index (κ2) is 8.77. The quantitative estimate of drug-likeness (QED) is 0.690. The van der Waals surface area contributed by atoms with Crippen LogP contribution in [0.5, 0.6) is 0 Å². The number of thiazole rings is 1. The van der Waals surface area contributed by atoms with Gasteiger partial charge in [-0.05, 0) is 44.5 Å². The number of piperazine rings is 1. The molecule has 1 amide bonds. The molecule has 1 atom stereocenters. The molecule has 4 heterocycles. The lowest BCUT2D eigenvalue weighted by molar-refractivity contribution is -0.139. The Morgan fingerprint density at radius 2 is 1.77 bits per heavy atom. The molecule has 0 radical (unpaired) electrons. The summed E-state index contributed by atoms with van der Waals surface area (Å²) in [5.41, 5.74) is 1.07. The van der Waals surface area contributed by atoms with Crippen molar-refractivity contribution in [1.82, 2.24) is 19.7 Å². The molecule has 168 valence electrons. The van der Waals surface area contributed by atoms with E-state index in [1.165, 1.54) is 4.70 Å². The molecule has 1 unspecified atom stereocenters. The van der Waals surface area contributed by atoms with E-state index < -0.39 is 9.84 Å². The van der Waals surface area contributed by atoms with E-state index in [1.807, 2.05) is 11.0 Å². The third-order valence-corrected chi connectivity index (χ3v) is 9.76. The van der Waals surface area contributed by atoms with Gasteiger partial charge >= 0.3 is 0 Å². The van der Waals surface area contributed by atoms with Crippen LogP contribution in [0.4, 0.5) is 0 Å². The summed E-state index contributed by atoms with van der Waals surface area (Å²) in [5.74, 6) is 0.989. The average Bonchev–Trinajstić information content (AvgIpc) is 3.36. The van der Waals surface area contributed by atoms with Crippen molar-refractivity contribution in [3.8, 4) is 0 Å². The van der Waals surface area contributed by atoms with Gasteiger partial charge in [-0.3, -0.25) is 14.6 Å². The molecule has 1 aromatic carbocycles. The highest BCUT2D eigenvalue weighted by Gasteiger charge is 2.36. The summed E-state index contributed by atoms with van der Waals surface area (Å²) in [4.78, 5) is 24.5. The molecule has 2 aromatic rings. The van der Waals surface area contributed by atoms with Gasteiger partial charge in [-0.2, -0.15) is 0 Å². The predicted octanol–water partition coefficient (Wildman–Crippen LogP) is 1.84. The Balaban J connectivity index is 1.09. The number of hydrogen-bond donors (Lipinski definition) is 0. The molecular formula is C22H30N4O3S2. The van der Waals surface area contributed by atoms with Crippen LogP contribution in [0.1, 0.15) is 24.3 Å². The molecule has 31 heavy (non-hydrogen) atoms. The number of aromatic nitrogens is 1. The molecule has 0 aliphatic carbocycles. The van der Waals surface area contributed by atoms with Crippen LogP contribution in [0.25, 0.3) is 10.2 Å². The van der Waals surface area contributed by atoms with Gasteiger partial charge in [-0.1, -0.05) is 12.1 Å². The maximum atomic E-state index is 13.0. The van der Waals surface area contributed by atoms with Crippen LogP contribution >= 0.6 is 11.3 Å². The number of benzene rings is 1. The van der Waals surface area contributed by atoms with Crippen LogP contribution in [-0.2, 0) is 21.2 Å². The fraction of sp³-hybridized carbons (Fsp3) is 0.636. The molecule has 5 rings (SSSR count). The minimum atomic E-state index is -2.85. The maximum Gasteiger partial charge on any atom is 0.225 e. The lowest BCUT2D eigenvalue weighted by Gasteiger charge is -2.39. The number of carbonyl (C=O) groups excluding carboxylic acids is 1. The van der Waals surface area contributed by atoms with Crippen LogP contribution in [-0.4, -0.2) is 90.8 Å². The normalized spacial score (nSPS) is 25.9. The van der Waals surface area contributed by atoms with Crippen molar-refractivity contribution >= 4 is 37.3 Å². The van der Waals surface area contributed by atoms with Crippen molar-refractivity contribution < 1.29 is 13.2 Å². The average molecular weight is 463 g/mol. The highest BCUT2D eigenvalue weighted by atomic mass is 32.2. The Morgan fingerprint density at radius 3 is 2.45 bits per heavy atom. The van der Waals surface area contributed by atoms with E-state index in [-0.39, 0.29) is 12.0 Å². The van der Waals surface area contributed by atoms with E-state index in [0.29, 0.717) is 17.4 Å². The fourth-order valence-electron chi connectivity index (χ4n) is 5.14. The first-order valence-electron chi connectivity index (χ1n) is 11.3. The molecule has 9 heteroatoms. The number of nitrogens with zero attached hydrogens (tertiary/aromatic N) is 4. The summed E-state index contributed by atoms with van der Waals surface area (Å²) in [5, 5.41) is 1.14. The molecule has 3 fully saturated rings. The minimum Gasteiger partial charge on any atom is -0.340 e. The molecule has 0 spiro atoms. The third-order valence-electron chi connectivity index (χ3n) is 6.98. The van der Waals surface area contributed by atoms with E-state index in [0.717, 1.165) is 75.6 Å². The van der Waals surface area contributed by atoms with Crippen molar-refractivity contribution in [1.29, 1.82) is 0 Å². The van der Waals surface area contributed by atoms with Crippen LogP contribution in [0.2, 0.25) is 0 Å². The predicted molar refractivity (Wildman–Crippen MR) is 123 cm³/mol. The number of sulfone groups is 1. The molecular weight excluding hydrogens is 432 g/mol. The van der Waals surface area contributed by atoms with Crippen molar-refractivity contribution in [3.05, 3.63) is 29.3 Å². The summed E-state index contributed by atoms with van der Waals surface area (Å²) in [6, 6.07) is 8.41. The molecule has 0 bridgehead atoms. The Bertz CT molecular complexity index is 1000. The highest BCUT2D eigenvalue weighted by Crippen LogP contribution is 2.27. The van der Waals surface area contributed by atoms with Gasteiger partial charge in [-0.25, -0.2) is 13.4 Å². The third kappa shape index (κ3) is 4.79. The molecule has 3 saturated heterocycles. The van der Waals surface area contributed by atoms with E-state index in [9.17, 15) is 13.2 Å². The van der Waals surface area contributed by atoms with Crippen molar-refractivity contribution in [3.63, 3.8) is 0 Å². The summed E-state index contributed by atoms with van der Waals surface area (Å²) in [6.07, 6.45) is 2.44. The number of piperidine rings is 1. The Morgan fingerprint density at radius 1 is 1.03 bits per heavy atom. The summed E-state index contributed by atoms with van der Waals surface area (Å²) < 4.78 is 24.7. The van der Waals surface area contributed by atoms with Crippen LogP contribution in [0.15, 0.2) is 24.3 Å². The van der Waals surface area contributed by atoms with Gasteiger partial charge in [0.2, 0.25) is 5.91 Å². The topological polar surface area (TPSA) is 73.8 Å². The van der Waals surface area contributed by atoms with Gasteiger partial charge in [0.05, 0.1) is 28.3 Å². The van der Waals surface area contributed by atoms with Crippen LogP contribution < -0.4 is 0 Å². The first-order chi connectivity index (χ1) is 15.0. The van der Waals surface area contributed by atoms with E-state index in [1.54, 1.807) is 11.3 Å². The van der Waals surface area contributed by atoms with E-state index in [2.05, 4.69) is 28.0 Å². The van der Waals surface area contributed by atoms with Crippen molar-refractivity contribution in [2.24, 2.45) is 5.92 Å². The fourth-order valence-corrected chi connectivity index (χ4v) is 7.91. The first kappa shape index (κ1) is 21.3. The molecule has 3 aliphatic heterocycles. The standard InChI is InChI=1S/C22H30N4O3S2/c27-22(17-5-8-25(9-6-17)18-7-14-31(28,29)16-18)26-12-10-24(11-13-26)15-21-23-19-3-1-2-4-20(19)30-21/h1-4,17-18H,5-16H2. The lowest BCUT2D eigenvalue weighted by Crippen LogP contribution is -2.52. The van der Waals surface area contributed by atoms with Crippen LogP contribution in [0, 0.1) is 5.92 Å². The Labute approximate surface area is 187 Å². The van der Waals surface area contributed by atoms with Gasteiger partial charge in [0.15, 0.2) is 9.84 Å². The molecule has 0 N–H and O–H groups in total. The molecule has 1 aromatic heterocycles. The minimum absolute atomic E-state index is 0.0880. The molecule has 7 nitrogen and oxygen atoms in total. The number of para-hydroxylation sites is 1. The first-order valence-corrected chi connectivity index (χ1v) is 13.9. The zero-order valence-corrected chi connectivity index (χ0v) is 19.4.